The van der Waals surface area contributed by atoms with E-state index in [4.69, 9.17) is 9.96 Å². The fourth-order valence-electron chi connectivity index (χ4n) is 5.88. The zero-order chi connectivity index (χ0) is 25.9. The molecule has 2 atom stereocenters. The van der Waals surface area contributed by atoms with E-state index in [1.165, 1.54) is 11.1 Å². The molecule has 0 aromatic heterocycles. The Morgan fingerprint density at radius 1 is 0.694 bits per heavy atom. The molecule has 0 heterocycles. The number of rotatable bonds is 5. The molecule has 0 radical (unpaired) electrons. The van der Waals surface area contributed by atoms with Crippen molar-refractivity contribution in [1.82, 2.24) is 0 Å². The van der Waals surface area contributed by atoms with Gasteiger partial charge in [0, 0.05) is 0 Å². The van der Waals surface area contributed by atoms with Crippen LogP contribution in [0.15, 0.2) is 84.9 Å². The molecule has 0 saturated carbocycles. The summed E-state index contributed by atoms with van der Waals surface area (Å²) < 4.78 is 0. The smallest absolute Gasteiger partial charge is 0.688 e. The quantitative estimate of drug-likeness (QED) is 0.209. The number of nitrogens with zero attached hydrogens (tertiary/aromatic N) is 2. The third kappa shape index (κ3) is 7.80. The van der Waals surface area contributed by atoms with E-state index in [1.54, 1.807) is 5.92 Å². The van der Waals surface area contributed by atoms with Crippen LogP contribution >= 0.6 is 0 Å². The molecule has 5 heteroatoms. The molecule has 1 aliphatic rings. The van der Waals surface area contributed by atoms with Gasteiger partial charge in [-0.3, -0.25) is 0 Å². The summed E-state index contributed by atoms with van der Waals surface area (Å²) in [5, 5.41) is 0. The Kier molecular flexibility index (Phi) is 10.6. The maximum Gasteiger partial charge on any atom is 4.00 e. The minimum atomic E-state index is -1.94. The predicted molar refractivity (Wildman–Crippen MR) is 159 cm³/mol. The first-order chi connectivity index (χ1) is 16.3. The van der Waals surface area contributed by atoms with Gasteiger partial charge in [-0.05, 0) is 0 Å². The Balaban J connectivity index is 0.000000492. The van der Waals surface area contributed by atoms with Crippen LogP contribution in [0.25, 0.3) is 9.96 Å². The first-order valence-electron chi connectivity index (χ1n) is 12.6. The summed E-state index contributed by atoms with van der Waals surface area (Å²) in [5.74, 6) is 1.60. The molecule has 0 N–H and O–H groups in total. The van der Waals surface area contributed by atoms with E-state index >= 15 is 0 Å². The largest absolute Gasteiger partial charge is 4.00 e. The Morgan fingerprint density at radius 3 is 1.53 bits per heavy atom. The Hall–Kier alpha value is -1.39. The molecule has 2 unspecified atom stereocenters. The van der Waals surface area contributed by atoms with Crippen molar-refractivity contribution in [3.63, 3.8) is 0 Å². The first-order valence-corrected chi connectivity index (χ1v) is 18.7. The molecule has 0 aliphatic heterocycles. The van der Waals surface area contributed by atoms with E-state index in [-0.39, 0.29) is 31.7 Å². The summed E-state index contributed by atoms with van der Waals surface area (Å²) in [7, 11) is -3.80. The molecule has 188 valence electrons. The molecule has 3 aromatic rings. The van der Waals surface area contributed by atoms with Crippen LogP contribution < -0.4 is 0 Å². The second kappa shape index (κ2) is 12.4. The van der Waals surface area contributed by atoms with Crippen LogP contribution in [0.4, 0.5) is 5.69 Å². The molecule has 36 heavy (non-hydrogen) atoms. The van der Waals surface area contributed by atoms with Crippen LogP contribution in [0, 0.1) is 12.8 Å². The van der Waals surface area contributed by atoms with Gasteiger partial charge in [-0.25, -0.2) is 0 Å². The molecule has 3 aromatic carbocycles. The van der Waals surface area contributed by atoms with Crippen molar-refractivity contribution in [2.45, 2.75) is 70.5 Å². The fraction of sp³-hybridized carbons (Fsp3) is 0.355. The molecule has 2 nitrogen and oxygen atoms in total. The van der Waals surface area contributed by atoms with Gasteiger partial charge in [0.15, 0.2) is 0 Å². The van der Waals surface area contributed by atoms with Crippen molar-refractivity contribution in [3.05, 3.63) is 124 Å². The predicted octanol–water partition coefficient (Wildman–Crippen LogP) is 9.69. The Bertz CT molecular complexity index is 1080. The summed E-state index contributed by atoms with van der Waals surface area (Å²) in [4.78, 5) is 10.7. The molecule has 0 fully saturated rings. The monoisotopic (exact) mass is 588 g/mol. The zero-order valence-corrected chi connectivity index (χ0v) is 27.8. The van der Waals surface area contributed by atoms with Crippen LogP contribution in [0.1, 0.15) is 55.5 Å². The number of hydrogen-bond donors (Lipinski definition) is 0. The van der Waals surface area contributed by atoms with Crippen molar-refractivity contribution in [3.8, 4) is 0 Å². The van der Waals surface area contributed by atoms with Crippen molar-refractivity contribution >= 4 is 22.2 Å². The fourth-order valence-corrected chi connectivity index (χ4v) is 13.5. The number of benzene rings is 3. The normalized spacial score (nSPS) is 17.9. The summed E-state index contributed by atoms with van der Waals surface area (Å²) in [6, 6.07) is 29.5. The van der Waals surface area contributed by atoms with E-state index in [9.17, 15) is 0 Å². The summed E-state index contributed by atoms with van der Waals surface area (Å²) >= 11 is 0. The van der Waals surface area contributed by atoms with Crippen molar-refractivity contribution < 1.29 is 26.2 Å². The molecule has 0 saturated heterocycles. The van der Waals surface area contributed by atoms with E-state index in [0.717, 1.165) is 11.3 Å². The van der Waals surface area contributed by atoms with E-state index < -0.39 is 16.5 Å². The van der Waals surface area contributed by atoms with Crippen molar-refractivity contribution in [2.75, 3.05) is 0 Å². The Labute approximate surface area is 242 Å². The molecular weight excluding hydrogens is 548 g/mol. The first kappa shape index (κ1) is 30.8. The molecule has 0 bridgehead atoms. The van der Waals surface area contributed by atoms with Gasteiger partial charge in [-0.1, -0.05) is 135 Å². The van der Waals surface area contributed by atoms with Crippen molar-refractivity contribution in [1.29, 1.82) is 0 Å². The second-order valence-corrected chi connectivity index (χ2v) is 20.0. The van der Waals surface area contributed by atoms with Crippen LogP contribution in [0.2, 0.25) is 26.2 Å². The topological polar surface area (TPSA) is 28.2 Å². The summed E-state index contributed by atoms with van der Waals surface area (Å²) in [5.41, 5.74) is 6.14. The zero-order valence-electron chi connectivity index (χ0n) is 23.3. The van der Waals surface area contributed by atoms with Gasteiger partial charge >= 0.3 is 26.2 Å². The minimum absolute atomic E-state index is 0. The summed E-state index contributed by atoms with van der Waals surface area (Å²) in [6.45, 7) is 22.5. The average Bonchev–Trinajstić information content (AvgIpc) is 3.07. The third-order valence-corrected chi connectivity index (χ3v) is 13.0. The van der Waals surface area contributed by atoms with Gasteiger partial charge < -0.3 is 15.9 Å². The number of hydrogen-bond acceptors (Lipinski definition) is 0. The molecule has 0 amide bonds. The molecule has 0 spiro atoms. The standard InChI is InChI=1S/C24H35N2Si2.C7H7.Zr/c1-18-22(27(5,6)25-19-14-10-9-11-15-19)20-16-12-13-17-21(20)23(18)28(7,8)26-24(2,3)4;1-7-5-3-2-4-6-7;/h9-17,22-23H,1-8H3;2-6H,1H2;/q-3;-1;+4. The van der Waals surface area contributed by atoms with E-state index in [1.807, 2.05) is 30.3 Å². The van der Waals surface area contributed by atoms with E-state index in [2.05, 4.69) is 115 Å². The van der Waals surface area contributed by atoms with Gasteiger partial charge in [0.2, 0.25) is 0 Å². The Morgan fingerprint density at radius 2 is 1.11 bits per heavy atom. The van der Waals surface area contributed by atoms with Gasteiger partial charge in [-0.15, -0.1) is 23.4 Å². The van der Waals surface area contributed by atoms with E-state index in [0.29, 0.717) is 11.1 Å². The summed E-state index contributed by atoms with van der Waals surface area (Å²) in [6.07, 6.45) is 0. The molecular formula is C31H42N2Si2Zr. The number of fused-ring (bicyclic) bond motifs is 1. The van der Waals surface area contributed by atoms with Crippen LogP contribution in [0.3, 0.4) is 0 Å². The van der Waals surface area contributed by atoms with Crippen LogP contribution in [-0.4, -0.2) is 22.0 Å². The molecule has 1 aliphatic carbocycles. The SMILES string of the molecule is C[C-]1C([Si](C)(C)[N-]c2ccccc2)c2ccccc2C1[Si](C)(C)[N-]C(C)(C)C.[CH2-]c1ccccc1.[Zr+4]. The minimum Gasteiger partial charge on any atom is -0.688 e. The maximum absolute atomic E-state index is 5.38. The van der Waals surface area contributed by atoms with Gasteiger partial charge in [-0.2, -0.15) is 42.6 Å². The maximum atomic E-state index is 5.38. The molecule has 4 rings (SSSR count). The van der Waals surface area contributed by atoms with Crippen molar-refractivity contribution in [2.24, 2.45) is 0 Å². The van der Waals surface area contributed by atoms with Gasteiger partial charge in [0.1, 0.15) is 0 Å². The second-order valence-electron chi connectivity index (χ2n) is 11.8. The van der Waals surface area contributed by atoms with Crippen LogP contribution in [0.5, 0.6) is 0 Å². The van der Waals surface area contributed by atoms with Crippen LogP contribution in [-0.2, 0) is 26.2 Å². The third-order valence-electron chi connectivity index (χ3n) is 6.58. The van der Waals surface area contributed by atoms with Gasteiger partial charge in [0.05, 0.1) is 0 Å². The average molecular weight is 590 g/mol. The van der Waals surface area contributed by atoms with Gasteiger partial charge in [0.25, 0.3) is 0 Å².